The van der Waals surface area contributed by atoms with Gasteiger partial charge >= 0.3 is 0 Å². The molecule has 1 aromatic heterocycles. The molecule has 5 N–H and O–H groups in total. The van der Waals surface area contributed by atoms with Gasteiger partial charge in [0.15, 0.2) is 0 Å². The van der Waals surface area contributed by atoms with Gasteiger partial charge in [-0.3, -0.25) is 4.98 Å². The minimum absolute atomic E-state index is 0.167. The Bertz CT molecular complexity index is 770. The molecule has 0 radical (unpaired) electrons. The molecule has 180 valence electrons. The molecule has 32 heavy (non-hydrogen) atoms. The van der Waals surface area contributed by atoms with Crippen molar-refractivity contribution in [1.29, 1.82) is 0 Å². The highest BCUT2D eigenvalue weighted by molar-refractivity contribution is 5.12. The molecule has 1 aromatic rings. The molecule has 0 aromatic carbocycles. The summed E-state index contributed by atoms with van der Waals surface area (Å²) in [5, 5.41) is 48.1. The zero-order chi connectivity index (χ0) is 23.1. The molecule has 3 fully saturated rings. The van der Waals surface area contributed by atoms with Crippen LogP contribution in [0.3, 0.4) is 0 Å². The van der Waals surface area contributed by atoms with Crippen LogP contribution in [0.2, 0.25) is 0 Å². The van der Waals surface area contributed by atoms with Gasteiger partial charge in [0.25, 0.3) is 0 Å². The van der Waals surface area contributed by atoms with Gasteiger partial charge in [-0.25, -0.2) is 0 Å². The van der Waals surface area contributed by atoms with Crippen molar-refractivity contribution in [3.63, 3.8) is 0 Å². The van der Waals surface area contributed by atoms with Crippen molar-refractivity contribution in [2.24, 2.45) is 5.92 Å². The minimum Gasteiger partial charge on any atom is -0.391 e. The van der Waals surface area contributed by atoms with E-state index in [-0.39, 0.29) is 18.9 Å². The average molecular weight is 453 g/mol. The van der Waals surface area contributed by atoms with Gasteiger partial charge in [-0.2, -0.15) is 0 Å². The van der Waals surface area contributed by atoms with Crippen LogP contribution >= 0.6 is 0 Å². The lowest BCUT2D eigenvalue weighted by molar-refractivity contribution is -0.485. The number of aliphatic hydroxyl groups excluding tert-OH is 2. The van der Waals surface area contributed by atoms with Crippen LogP contribution in [-0.4, -0.2) is 86.7 Å². The molecule has 1 aliphatic carbocycles. The number of nitrogens with zero attached hydrogens (tertiary/aromatic N) is 1. The second-order valence-electron chi connectivity index (χ2n) is 9.48. The Morgan fingerprint density at radius 2 is 1.97 bits per heavy atom. The van der Waals surface area contributed by atoms with Crippen molar-refractivity contribution in [2.45, 2.75) is 100 Å². The fourth-order valence-electron chi connectivity index (χ4n) is 5.67. The minimum atomic E-state index is -2.14. The van der Waals surface area contributed by atoms with Crippen molar-refractivity contribution in [1.82, 2.24) is 10.3 Å². The summed E-state index contributed by atoms with van der Waals surface area (Å²) in [5.41, 5.74) is -0.585. The number of ether oxygens (including phenoxy) is 3. The third kappa shape index (κ3) is 3.99. The first-order valence-electron chi connectivity index (χ1n) is 11.6. The van der Waals surface area contributed by atoms with Crippen molar-refractivity contribution in [3.8, 4) is 0 Å². The molecule has 1 saturated carbocycles. The summed E-state index contributed by atoms with van der Waals surface area (Å²) in [6.45, 7) is 3.71. The molecule has 2 saturated heterocycles. The van der Waals surface area contributed by atoms with Gasteiger partial charge in [-0.15, -0.1) is 0 Å². The number of pyridine rings is 1. The van der Waals surface area contributed by atoms with E-state index in [2.05, 4.69) is 10.3 Å². The van der Waals surface area contributed by atoms with Crippen molar-refractivity contribution in [3.05, 3.63) is 30.1 Å². The fraction of sp³-hybridized carbons (Fsp3) is 0.783. The Labute approximate surface area is 188 Å². The van der Waals surface area contributed by atoms with Gasteiger partial charge in [0.05, 0.1) is 24.4 Å². The summed E-state index contributed by atoms with van der Waals surface area (Å²) in [7, 11) is 1.69. The Hall–Kier alpha value is -1.17. The van der Waals surface area contributed by atoms with Gasteiger partial charge < -0.3 is 40.0 Å². The molecule has 2 aliphatic heterocycles. The van der Waals surface area contributed by atoms with E-state index in [0.717, 1.165) is 5.56 Å². The Morgan fingerprint density at radius 1 is 1.19 bits per heavy atom. The number of rotatable bonds is 6. The third-order valence-electron chi connectivity index (χ3n) is 7.41. The van der Waals surface area contributed by atoms with E-state index in [1.807, 2.05) is 26.0 Å². The molecule has 10 atom stereocenters. The van der Waals surface area contributed by atoms with Crippen LogP contribution in [0.15, 0.2) is 24.5 Å². The monoisotopic (exact) mass is 452 g/mol. The van der Waals surface area contributed by atoms with E-state index in [0.29, 0.717) is 19.3 Å². The van der Waals surface area contributed by atoms with E-state index < -0.39 is 54.1 Å². The predicted octanol–water partition coefficient (Wildman–Crippen LogP) is 0.0925. The zero-order valence-corrected chi connectivity index (χ0v) is 18.9. The highest BCUT2D eigenvalue weighted by Crippen LogP contribution is 2.49. The van der Waals surface area contributed by atoms with Crippen molar-refractivity contribution >= 4 is 0 Å². The molecule has 0 bridgehead atoms. The van der Waals surface area contributed by atoms with Crippen molar-refractivity contribution in [2.75, 3.05) is 7.05 Å². The molecular weight excluding hydrogens is 416 g/mol. The summed E-state index contributed by atoms with van der Waals surface area (Å²) < 4.78 is 18.1. The number of nitrogens with one attached hydrogen (secondary N) is 1. The maximum absolute atomic E-state index is 11.7. The number of fused-ring (bicyclic) bond motifs is 2. The van der Waals surface area contributed by atoms with Gasteiger partial charge in [0, 0.05) is 24.7 Å². The number of aliphatic hydroxyl groups is 4. The smallest absolute Gasteiger partial charge is 0.248 e. The lowest BCUT2D eigenvalue weighted by Gasteiger charge is -2.60. The molecular formula is C23H36N2O7. The van der Waals surface area contributed by atoms with E-state index in [4.69, 9.17) is 14.2 Å². The number of hydrogen-bond donors (Lipinski definition) is 5. The maximum Gasteiger partial charge on any atom is 0.248 e. The van der Waals surface area contributed by atoms with E-state index in [1.54, 1.807) is 19.4 Å². The maximum atomic E-state index is 11.7. The van der Waals surface area contributed by atoms with E-state index in [9.17, 15) is 20.4 Å². The molecule has 0 amide bonds. The van der Waals surface area contributed by atoms with Crippen LogP contribution in [-0.2, 0) is 20.6 Å². The molecule has 9 heteroatoms. The predicted molar refractivity (Wildman–Crippen MR) is 114 cm³/mol. The van der Waals surface area contributed by atoms with Crippen molar-refractivity contribution < 1.29 is 34.6 Å². The van der Waals surface area contributed by atoms with Crippen LogP contribution in [0.25, 0.3) is 0 Å². The van der Waals surface area contributed by atoms with Gasteiger partial charge in [-0.05, 0) is 51.3 Å². The third-order valence-corrected chi connectivity index (χ3v) is 7.41. The quantitative estimate of drug-likeness (QED) is 0.407. The summed E-state index contributed by atoms with van der Waals surface area (Å²) in [5.74, 6) is -2.55. The van der Waals surface area contributed by atoms with Crippen LogP contribution in [0.1, 0.15) is 45.1 Å². The van der Waals surface area contributed by atoms with Crippen LogP contribution < -0.4 is 5.32 Å². The van der Waals surface area contributed by atoms with E-state index >= 15 is 0 Å². The topological polar surface area (TPSA) is 134 Å². The first-order valence-corrected chi connectivity index (χ1v) is 11.6. The molecule has 4 rings (SSSR count). The Morgan fingerprint density at radius 3 is 2.62 bits per heavy atom. The summed E-state index contributed by atoms with van der Waals surface area (Å²) in [4.78, 5) is 4.12. The number of hydrogen-bond acceptors (Lipinski definition) is 9. The number of likely N-dealkylation sites (N-methyl/N-ethyl adjacent to an activating group) is 1. The highest BCUT2D eigenvalue weighted by atomic mass is 16.8. The first-order chi connectivity index (χ1) is 15.2. The van der Waals surface area contributed by atoms with E-state index in [1.165, 1.54) is 0 Å². The van der Waals surface area contributed by atoms with Crippen LogP contribution in [0.4, 0.5) is 0 Å². The fourth-order valence-corrected chi connectivity index (χ4v) is 5.67. The van der Waals surface area contributed by atoms with Gasteiger partial charge in [0.2, 0.25) is 12.1 Å². The van der Waals surface area contributed by atoms with Crippen LogP contribution in [0.5, 0.6) is 0 Å². The lowest BCUT2D eigenvalue weighted by atomic mass is 9.73. The molecule has 3 heterocycles. The Kier molecular flexibility index (Phi) is 6.91. The second kappa shape index (κ2) is 9.23. The first kappa shape index (κ1) is 24.0. The molecule has 9 nitrogen and oxygen atoms in total. The summed E-state index contributed by atoms with van der Waals surface area (Å²) >= 11 is 0. The average Bonchev–Trinajstić information content (AvgIpc) is 2.75. The van der Waals surface area contributed by atoms with Gasteiger partial charge in [0.1, 0.15) is 17.8 Å². The molecule has 3 aliphatic rings. The zero-order valence-electron chi connectivity index (χ0n) is 18.9. The standard InChI is InChI=1S/C23H36N2O7/c1-4-15-17(26)16(24-3)19-20(18(15)27)31-21-23(29,32-19)22(28,11-13(2)30-21)9-5-7-14-8-6-10-25-12-14/h6,8,10,12-13,15-21,24,26-29H,4-5,7,9,11H2,1-3H3/t13-,15-,16+,17+,18+,19-,20-,21+,22+,23-/m1/s1. The largest absolute Gasteiger partial charge is 0.391 e. The molecule has 0 spiro atoms. The SMILES string of the molecule is CC[C@@H]1[C@H](O)[C@H](NC)[C@H]2O[C@]3(O)[C@H](O[C@@H]2[C@H]1O)O[C@H](C)C[C@@]3(O)CCCc1cccnc1. The highest BCUT2D eigenvalue weighted by Gasteiger charge is 2.68. The van der Waals surface area contributed by atoms with Crippen LogP contribution in [0, 0.1) is 5.92 Å². The Balaban J connectivity index is 1.57. The second-order valence-corrected chi connectivity index (χ2v) is 9.48. The summed E-state index contributed by atoms with van der Waals surface area (Å²) in [6.07, 6.45) is 0.566. The van der Waals surface area contributed by atoms with Gasteiger partial charge in [-0.1, -0.05) is 13.0 Å². The number of aromatic nitrogens is 1. The molecule has 0 unspecified atom stereocenters. The summed E-state index contributed by atoms with van der Waals surface area (Å²) in [6, 6.07) is 3.25. The normalized spacial score (nSPS) is 46.3. The lowest BCUT2D eigenvalue weighted by Crippen LogP contribution is -2.78. The number of aryl methyl sites for hydroxylation is 1.